The van der Waals surface area contributed by atoms with Gasteiger partial charge in [-0.3, -0.25) is 4.90 Å². The average Bonchev–Trinajstić information content (AvgIpc) is 2.44. The Kier molecular flexibility index (Phi) is 4.13. The van der Waals surface area contributed by atoms with Gasteiger partial charge in [-0.25, -0.2) is 0 Å². The zero-order chi connectivity index (χ0) is 14.1. The van der Waals surface area contributed by atoms with Crippen LogP contribution in [0.4, 0.5) is 0 Å². The van der Waals surface area contributed by atoms with E-state index in [2.05, 4.69) is 55.0 Å². The minimum absolute atomic E-state index is 0.640. The molecular weight excluding hydrogens is 244 g/mol. The molecular formula is C18H28N2. The summed E-state index contributed by atoms with van der Waals surface area (Å²) in [5.41, 5.74) is 3.02. The molecule has 1 aromatic carbocycles. The van der Waals surface area contributed by atoms with Gasteiger partial charge in [0.15, 0.2) is 0 Å². The number of piperidine rings is 1. The fourth-order valence-electron chi connectivity index (χ4n) is 3.65. The third kappa shape index (κ3) is 2.91. The molecule has 1 aromatic rings. The zero-order valence-electron chi connectivity index (χ0n) is 13.2. The lowest BCUT2D eigenvalue weighted by atomic mass is 9.87. The highest BCUT2D eigenvalue weighted by atomic mass is 15.3. The number of hydrogen-bond acceptors (Lipinski definition) is 2. The molecule has 2 aliphatic heterocycles. The summed E-state index contributed by atoms with van der Waals surface area (Å²) < 4.78 is 0. The van der Waals surface area contributed by atoms with Gasteiger partial charge in [0, 0.05) is 19.1 Å². The second-order valence-electron chi connectivity index (χ2n) is 7.01. The Balaban J connectivity index is 1.55. The third-order valence-corrected chi connectivity index (χ3v) is 5.17. The van der Waals surface area contributed by atoms with Crippen molar-refractivity contribution in [1.29, 1.82) is 0 Å². The molecule has 2 heterocycles. The highest BCUT2D eigenvalue weighted by Gasteiger charge is 2.32. The summed E-state index contributed by atoms with van der Waals surface area (Å²) in [5.74, 6) is 1.42. The van der Waals surface area contributed by atoms with Crippen molar-refractivity contribution >= 4 is 0 Å². The first-order chi connectivity index (χ1) is 9.63. The highest BCUT2D eigenvalue weighted by Crippen LogP contribution is 2.30. The SMILES string of the molecule is CC(C)c1ccc(C2CCN(C3CN(C)C3)CC2)cc1. The summed E-state index contributed by atoms with van der Waals surface area (Å²) in [7, 11) is 2.22. The quantitative estimate of drug-likeness (QED) is 0.833. The molecule has 0 atom stereocenters. The van der Waals surface area contributed by atoms with Crippen molar-refractivity contribution in [2.24, 2.45) is 0 Å². The minimum atomic E-state index is 0.640. The molecule has 2 nitrogen and oxygen atoms in total. The molecule has 2 aliphatic rings. The van der Waals surface area contributed by atoms with E-state index in [4.69, 9.17) is 0 Å². The summed E-state index contributed by atoms with van der Waals surface area (Å²) in [6.07, 6.45) is 2.67. The van der Waals surface area contributed by atoms with E-state index in [1.54, 1.807) is 5.56 Å². The van der Waals surface area contributed by atoms with Crippen LogP contribution in [0.1, 0.15) is 49.7 Å². The molecule has 110 valence electrons. The van der Waals surface area contributed by atoms with Gasteiger partial charge in [-0.2, -0.15) is 0 Å². The Hall–Kier alpha value is -0.860. The van der Waals surface area contributed by atoms with E-state index >= 15 is 0 Å². The van der Waals surface area contributed by atoms with Gasteiger partial charge in [-0.05, 0) is 55.9 Å². The molecule has 3 rings (SSSR count). The molecule has 0 spiro atoms. The largest absolute Gasteiger partial charge is 0.303 e. The lowest BCUT2D eigenvalue weighted by Gasteiger charge is -2.46. The smallest absolute Gasteiger partial charge is 0.0350 e. The Bertz CT molecular complexity index is 423. The number of hydrogen-bond donors (Lipinski definition) is 0. The Morgan fingerprint density at radius 2 is 1.60 bits per heavy atom. The van der Waals surface area contributed by atoms with Crippen LogP contribution in [0.2, 0.25) is 0 Å². The molecule has 0 N–H and O–H groups in total. The molecule has 0 aromatic heterocycles. The maximum absolute atomic E-state index is 2.71. The number of likely N-dealkylation sites (tertiary alicyclic amines) is 2. The van der Waals surface area contributed by atoms with Crippen molar-refractivity contribution < 1.29 is 0 Å². The van der Waals surface area contributed by atoms with Crippen molar-refractivity contribution in [3.05, 3.63) is 35.4 Å². The summed E-state index contributed by atoms with van der Waals surface area (Å²) in [5, 5.41) is 0. The predicted octanol–water partition coefficient (Wildman–Crippen LogP) is 3.30. The molecule has 20 heavy (non-hydrogen) atoms. The molecule has 2 saturated heterocycles. The lowest BCUT2D eigenvalue weighted by Crippen LogP contribution is -2.59. The second kappa shape index (κ2) is 5.87. The molecule has 0 radical (unpaired) electrons. The fraction of sp³-hybridized carbons (Fsp3) is 0.667. The van der Waals surface area contributed by atoms with Gasteiger partial charge in [0.05, 0.1) is 0 Å². The molecule has 0 unspecified atom stereocenters. The van der Waals surface area contributed by atoms with Crippen molar-refractivity contribution in [2.75, 3.05) is 33.2 Å². The van der Waals surface area contributed by atoms with Crippen LogP contribution < -0.4 is 0 Å². The van der Waals surface area contributed by atoms with Crippen LogP contribution in [0.15, 0.2) is 24.3 Å². The van der Waals surface area contributed by atoms with Crippen LogP contribution >= 0.6 is 0 Å². The number of benzene rings is 1. The maximum atomic E-state index is 2.71. The standard InChI is InChI=1S/C18H28N2/c1-14(2)15-4-6-16(7-5-15)17-8-10-20(11-9-17)18-12-19(3)13-18/h4-7,14,17-18H,8-13H2,1-3H3. The van der Waals surface area contributed by atoms with E-state index in [1.165, 1.54) is 44.6 Å². The van der Waals surface area contributed by atoms with Crippen LogP contribution in [0.25, 0.3) is 0 Å². The average molecular weight is 272 g/mol. The topological polar surface area (TPSA) is 6.48 Å². The van der Waals surface area contributed by atoms with Crippen molar-refractivity contribution in [3.63, 3.8) is 0 Å². The van der Waals surface area contributed by atoms with E-state index in [1.807, 2.05) is 0 Å². The van der Waals surface area contributed by atoms with Crippen molar-refractivity contribution in [1.82, 2.24) is 9.80 Å². The normalized spacial score (nSPS) is 23.2. The minimum Gasteiger partial charge on any atom is -0.303 e. The van der Waals surface area contributed by atoms with Gasteiger partial charge in [0.1, 0.15) is 0 Å². The Morgan fingerprint density at radius 3 is 2.10 bits per heavy atom. The van der Waals surface area contributed by atoms with Gasteiger partial charge in [0.25, 0.3) is 0 Å². The first kappa shape index (κ1) is 14.1. The van der Waals surface area contributed by atoms with Crippen LogP contribution in [0.3, 0.4) is 0 Å². The van der Waals surface area contributed by atoms with Gasteiger partial charge in [-0.1, -0.05) is 38.1 Å². The summed E-state index contributed by atoms with van der Waals surface area (Å²) >= 11 is 0. The van der Waals surface area contributed by atoms with E-state index < -0.39 is 0 Å². The summed E-state index contributed by atoms with van der Waals surface area (Å²) in [4.78, 5) is 5.13. The Labute approximate surface area is 123 Å². The second-order valence-corrected chi connectivity index (χ2v) is 7.01. The van der Waals surface area contributed by atoms with Crippen LogP contribution in [0, 0.1) is 0 Å². The van der Waals surface area contributed by atoms with E-state index in [0.29, 0.717) is 5.92 Å². The summed E-state index contributed by atoms with van der Waals surface area (Å²) in [6, 6.07) is 10.2. The van der Waals surface area contributed by atoms with Crippen molar-refractivity contribution in [2.45, 2.75) is 44.6 Å². The maximum Gasteiger partial charge on any atom is 0.0350 e. The van der Waals surface area contributed by atoms with Crippen LogP contribution in [-0.4, -0.2) is 49.1 Å². The predicted molar refractivity (Wildman–Crippen MR) is 85.4 cm³/mol. The first-order valence-corrected chi connectivity index (χ1v) is 8.16. The molecule has 0 bridgehead atoms. The van der Waals surface area contributed by atoms with Gasteiger partial charge in [0.2, 0.25) is 0 Å². The molecule has 2 fully saturated rings. The first-order valence-electron chi connectivity index (χ1n) is 8.16. The Morgan fingerprint density at radius 1 is 1.00 bits per heavy atom. The van der Waals surface area contributed by atoms with Crippen molar-refractivity contribution in [3.8, 4) is 0 Å². The fourth-order valence-corrected chi connectivity index (χ4v) is 3.65. The monoisotopic (exact) mass is 272 g/mol. The third-order valence-electron chi connectivity index (χ3n) is 5.17. The lowest BCUT2D eigenvalue weighted by molar-refractivity contribution is 0.0363. The number of likely N-dealkylation sites (N-methyl/N-ethyl adjacent to an activating group) is 1. The van der Waals surface area contributed by atoms with Gasteiger partial charge in [-0.15, -0.1) is 0 Å². The van der Waals surface area contributed by atoms with E-state index in [0.717, 1.165) is 12.0 Å². The molecule has 0 saturated carbocycles. The molecule has 0 aliphatic carbocycles. The van der Waals surface area contributed by atoms with E-state index in [9.17, 15) is 0 Å². The van der Waals surface area contributed by atoms with Crippen LogP contribution in [0.5, 0.6) is 0 Å². The number of rotatable bonds is 3. The van der Waals surface area contributed by atoms with Crippen LogP contribution in [-0.2, 0) is 0 Å². The van der Waals surface area contributed by atoms with Gasteiger partial charge >= 0.3 is 0 Å². The molecule has 2 heteroatoms. The molecule has 0 amide bonds. The van der Waals surface area contributed by atoms with Gasteiger partial charge < -0.3 is 4.90 Å². The summed E-state index contributed by atoms with van der Waals surface area (Å²) in [6.45, 7) is 9.65. The number of nitrogens with zero attached hydrogens (tertiary/aromatic N) is 2. The van der Waals surface area contributed by atoms with E-state index in [-0.39, 0.29) is 0 Å². The zero-order valence-corrected chi connectivity index (χ0v) is 13.2. The highest BCUT2D eigenvalue weighted by molar-refractivity contribution is 5.27.